The molecule has 0 aliphatic heterocycles. The van der Waals surface area contributed by atoms with Gasteiger partial charge in [-0.3, -0.25) is 0 Å². The van der Waals surface area contributed by atoms with Gasteiger partial charge in [-0.05, 0) is 68.4 Å². The Labute approximate surface area is 214 Å². The molecule has 0 aliphatic carbocycles. The molecule has 3 aromatic carbocycles. The highest BCUT2D eigenvalue weighted by molar-refractivity contribution is 9.08. The van der Waals surface area contributed by atoms with Crippen LogP contribution in [0.25, 0.3) is 32.9 Å². The molecule has 0 fully saturated rings. The van der Waals surface area contributed by atoms with Crippen molar-refractivity contribution >= 4 is 48.8 Å². The summed E-state index contributed by atoms with van der Waals surface area (Å²) in [7, 11) is 3.28. The number of aryl methyl sites for hydroxylation is 2. The van der Waals surface area contributed by atoms with E-state index in [0.717, 1.165) is 55.9 Å². The summed E-state index contributed by atoms with van der Waals surface area (Å²) in [6.45, 7) is 3.75. The van der Waals surface area contributed by atoms with Crippen LogP contribution in [0.2, 0.25) is 0 Å². The Morgan fingerprint density at radius 1 is 0.694 bits per heavy atom. The number of halogens is 1. The average molecular weight is 554 g/mol. The van der Waals surface area contributed by atoms with Crippen molar-refractivity contribution in [2.75, 3.05) is 14.2 Å². The van der Waals surface area contributed by atoms with E-state index in [1.807, 2.05) is 50.2 Å². The van der Waals surface area contributed by atoms with Gasteiger partial charge in [0, 0.05) is 21.5 Å². The number of nitrogens with zero attached hydrogens (tertiary/aromatic N) is 3. The van der Waals surface area contributed by atoms with Gasteiger partial charge in [0.15, 0.2) is 16.7 Å². The maximum absolute atomic E-state index is 9.10. The molecule has 186 valence electrons. The highest BCUT2D eigenvalue weighted by Crippen LogP contribution is 2.25. The lowest BCUT2D eigenvalue weighted by molar-refractivity contribution is 0.414. The number of phenols is 1. The maximum Gasteiger partial charge on any atom is 0.167 e. The summed E-state index contributed by atoms with van der Waals surface area (Å²) in [6, 6.07) is 16.2. The van der Waals surface area contributed by atoms with Crippen LogP contribution < -0.4 is 9.47 Å². The van der Waals surface area contributed by atoms with Gasteiger partial charge in [0.05, 0.1) is 25.6 Å². The second-order valence-corrected chi connectivity index (χ2v) is 8.26. The van der Waals surface area contributed by atoms with E-state index in [9.17, 15) is 0 Å². The van der Waals surface area contributed by atoms with E-state index >= 15 is 0 Å². The van der Waals surface area contributed by atoms with Gasteiger partial charge in [0.25, 0.3) is 0 Å². The van der Waals surface area contributed by atoms with Gasteiger partial charge in [-0.1, -0.05) is 31.4 Å². The zero-order valence-electron chi connectivity index (χ0n) is 20.1. The zero-order chi connectivity index (χ0) is 25.7. The molecule has 0 bridgehead atoms. The van der Waals surface area contributed by atoms with Crippen molar-refractivity contribution in [3.8, 4) is 17.2 Å². The highest BCUT2D eigenvalue weighted by atomic mass is 79.9. The maximum atomic E-state index is 9.10. The van der Waals surface area contributed by atoms with Crippen molar-refractivity contribution in [3.05, 3.63) is 71.7 Å². The molecule has 0 amide bonds. The van der Waals surface area contributed by atoms with Crippen LogP contribution >= 0.6 is 15.9 Å². The Hall–Kier alpha value is -4.05. The Balaban J connectivity index is 0.000000127. The summed E-state index contributed by atoms with van der Waals surface area (Å²) in [4.78, 5) is 0. The zero-order valence-corrected chi connectivity index (χ0v) is 21.7. The van der Waals surface area contributed by atoms with Gasteiger partial charge >= 0.3 is 0 Å². The smallest absolute Gasteiger partial charge is 0.167 e. The average Bonchev–Trinajstić information content (AvgIpc) is 3.61. The quantitative estimate of drug-likeness (QED) is 0.238. The van der Waals surface area contributed by atoms with Gasteiger partial charge in [-0.15, -0.1) is 0 Å². The summed E-state index contributed by atoms with van der Waals surface area (Å²) in [6.07, 6.45) is 0. The number of aromatic hydroxyl groups is 1. The van der Waals surface area contributed by atoms with Gasteiger partial charge in [-0.2, -0.15) is 0 Å². The summed E-state index contributed by atoms with van der Waals surface area (Å²) >= 11 is 3.34. The third-order valence-electron chi connectivity index (χ3n) is 5.37. The van der Waals surface area contributed by atoms with Gasteiger partial charge in [-0.25, -0.2) is 0 Å². The Kier molecular flexibility index (Phi) is 7.74. The van der Waals surface area contributed by atoms with Crippen LogP contribution in [-0.2, 0) is 5.33 Å². The molecule has 9 nitrogen and oxygen atoms in total. The minimum atomic E-state index is 0.240. The summed E-state index contributed by atoms with van der Waals surface area (Å²) in [5, 5.41) is 24.2. The number of fused-ring (bicyclic) bond motifs is 3. The molecule has 0 radical (unpaired) electrons. The Morgan fingerprint density at radius 2 is 1.17 bits per heavy atom. The van der Waals surface area contributed by atoms with E-state index in [1.54, 1.807) is 32.4 Å². The second kappa shape index (κ2) is 11.1. The standard InChI is InChI=1S/C9H8BrNO2.C9H9NO2.C8H7NO2/c1-12-6-2-3-9-7(4-6)8(5-10)11-13-9;1-6-8-5-7(11-2)3-4-9(8)12-10-6;1-5-7-4-6(10)2-3-8(7)11-9-5/h2-4H,5H2,1H3;3-5H,1-2H3;2-4,10H,1H3. The van der Waals surface area contributed by atoms with Crippen LogP contribution in [0.4, 0.5) is 0 Å². The first kappa shape index (κ1) is 25.1. The van der Waals surface area contributed by atoms with Crippen LogP contribution in [-0.4, -0.2) is 34.8 Å². The number of methoxy groups -OCH3 is 2. The van der Waals surface area contributed by atoms with Crippen LogP contribution in [0.3, 0.4) is 0 Å². The lowest BCUT2D eigenvalue weighted by atomic mass is 10.2. The van der Waals surface area contributed by atoms with Crippen molar-refractivity contribution in [1.29, 1.82) is 0 Å². The van der Waals surface area contributed by atoms with Gasteiger partial charge in [0.2, 0.25) is 0 Å². The number of phenolic OH excluding ortho intramolecular Hbond substituents is 1. The molecule has 1 N–H and O–H groups in total. The topological polar surface area (TPSA) is 117 Å². The number of rotatable bonds is 3. The molecule has 0 saturated carbocycles. The van der Waals surface area contributed by atoms with Crippen LogP contribution in [0.1, 0.15) is 17.1 Å². The second-order valence-electron chi connectivity index (χ2n) is 7.70. The van der Waals surface area contributed by atoms with E-state index < -0.39 is 0 Å². The third kappa shape index (κ3) is 5.44. The number of benzene rings is 3. The lowest BCUT2D eigenvalue weighted by Gasteiger charge is -1.97. The molecular weight excluding hydrogens is 530 g/mol. The largest absolute Gasteiger partial charge is 0.508 e. The highest BCUT2D eigenvalue weighted by Gasteiger charge is 2.07. The minimum Gasteiger partial charge on any atom is -0.508 e. The van der Waals surface area contributed by atoms with E-state index in [2.05, 4.69) is 31.4 Å². The van der Waals surface area contributed by atoms with Crippen LogP contribution in [0, 0.1) is 13.8 Å². The van der Waals surface area contributed by atoms with E-state index in [4.69, 9.17) is 28.1 Å². The molecule has 6 aromatic rings. The molecule has 3 aromatic heterocycles. The molecule has 0 atom stereocenters. The van der Waals surface area contributed by atoms with Gasteiger partial charge < -0.3 is 28.1 Å². The van der Waals surface area contributed by atoms with E-state index in [-0.39, 0.29) is 5.75 Å². The van der Waals surface area contributed by atoms with Gasteiger partial charge in [0.1, 0.15) is 22.9 Å². The molecule has 3 heterocycles. The first-order chi connectivity index (χ1) is 17.4. The van der Waals surface area contributed by atoms with E-state index in [1.165, 1.54) is 0 Å². The fraction of sp³-hybridized carbons (Fsp3) is 0.192. The third-order valence-corrected chi connectivity index (χ3v) is 5.90. The number of alkyl halides is 1. The summed E-state index contributed by atoms with van der Waals surface area (Å²) in [5.41, 5.74) is 4.89. The Bertz CT molecular complexity index is 1600. The molecule has 6 rings (SSSR count). The number of aromatic nitrogens is 3. The Morgan fingerprint density at radius 3 is 1.72 bits per heavy atom. The SMILES string of the molecule is COc1ccc2onc(C)c2c1.COc1ccc2onc(CBr)c2c1.Cc1noc2ccc(O)cc12. The fourth-order valence-corrected chi connectivity index (χ4v) is 3.81. The van der Waals surface area contributed by atoms with Crippen molar-refractivity contribution < 1.29 is 28.1 Å². The van der Waals surface area contributed by atoms with Crippen molar-refractivity contribution in [1.82, 2.24) is 15.5 Å². The van der Waals surface area contributed by atoms with Crippen molar-refractivity contribution in [2.24, 2.45) is 0 Å². The number of hydrogen-bond donors (Lipinski definition) is 1. The molecule has 0 saturated heterocycles. The van der Waals surface area contributed by atoms with Crippen LogP contribution in [0.5, 0.6) is 17.2 Å². The molecule has 10 heteroatoms. The molecule has 0 aliphatic rings. The van der Waals surface area contributed by atoms with Crippen LogP contribution in [0.15, 0.2) is 68.2 Å². The molecular formula is C26H24BrN3O6. The normalized spacial score (nSPS) is 10.6. The van der Waals surface area contributed by atoms with Crippen molar-refractivity contribution in [3.63, 3.8) is 0 Å². The predicted octanol–water partition coefficient (Wildman–Crippen LogP) is 6.72. The number of hydrogen-bond acceptors (Lipinski definition) is 9. The fourth-order valence-electron chi connectivity index (χ4n) is 3.40. The van der Waals surface area contributed by atoms with E-state index in [0.29, 0.717) is 10.9 Å². The number of ether oxygens (including phenoxy) is 2. The lowest BCUT2D eigenvalue weighted by Crippen LogP contribution is -1.82. The summed E-state index contributed by atoms with van der Waals surface area (Å²) < 4.78 is 25.3. The van der Waals surface area contributed by atoms with Crippen molar-refractivity contribution in [2.45, 2.75) is 19.2 Å². The summed E-state index contributed by atoms with van der Waals surface area (Å²) in [5.74, 6) is 1.88. The molecule has 0 spiro atoms. The minimum absolute atomic E-state index is 0.240. The molecule has 36 heavy (non-hydrogen) atoms. The first-order valence-corrected chi connectivity index (χ1v) is 12.0. The monoisotopic (exact) mass is 553 g/mol. The predicted molar refractivity (Wildman–Crippen MR) is 139 cm³/mol. The first-order valence-electron chi connectivity index (χ1n) is 10.9. The molecule has 0 unspecified atom stereocenters.